The van der Waals surface area contributed by atoms with Crippen molar-refractivity contribution in [2.45, 2.75) is 53.5 Å². The average molecular weight is 185 g/mol. The second kappa shape index (κ2) is 4.64. The summed E-state index contributed by atoms with van der Waals surface area (Å²) in [6.45, 7) is 12.4. The first-order chi connectivity index (χ1) is 5.74. The molecule has 0 aliphatic carbocycles. The monoisotopic (exact) mass is 185 g/mol. The van der Waals surface area contributed by atoms with Crippen LogP contribution < -0.4 is 5.32 Å². The van der Waals surface area contributed by atoms with Gasteiger partial charge in [0, 0.05) is 12.5 Å². The van der Waals surface area contributed by atoms with E-state index in [1.165, 1.54) is 0 Å². The average Bonchev–Trinajstić information content (AvgIpc) is 1.81. The molecule has 2 nitrogen and oxygen atoms in total. The molecule has 0 aromatic heterocycles. The summed E-state index contributed by atoms with van der Waals surface area (Å²) < 4.78 is 0. The minimum atomic E-state index is -0.0739. The molecular formula is C11H23NO. The predicted octanol–water partition coefficient (Wildman–Crippen LogP) is 2.58. The predicted molar refractivity (Wildman–Crippen MR) is 56.5 cm³/mol. The van der Waals surface area contributed by atoms with E-state index in [1.807, 2.05) is 0 Å². The fourth-order valence-corrected chi connectivity index (χ4v) is 1.57. The lowest BCUT2D eigenvalue weighted by Gasteiger charge is -2.30. The smallest absolute Gasteiger partial charge is 0.217 e. The van der Waals surface area contributed by atoms with Crippen LogP contribution in [-0.2, 0) is 4.79 Å². The van der Waals surface area contributed by atoms with Gasteiger partial charge in [-0.25, -0.2) is 0 Å². The van der Waals surface area contributed by atoms with Crippen molar-refractivity contribution < 1.29 is 4.79 Å². The fraction of sp³-hybridized carbons (Fsp3) is 0.909. The van der Waals surface area contributed by atoms with Crippen molar-refractivity contribution in [1.29, 1.82) is 0 Å². The molecule has 13 heavy (non-hydrogen) atoms. The molecule has 1 amide bonds. The zero-order valence-corrected chi connectivity index (χ0v) is 9.77. The zero-order chi connectivity index (χ0) is 10.6. The van der Waals surface area contributed by atoms with Crippen LogP contribution in [0.1, 0.15) is 48.0 Å². The van der Waals surface area contributed by atoms with Crippen LogP contribution in [0.15, 0.2) is 0 Å². The van der Waals surface area contributed by atoms with E-state index in [9.17, 15) is 4.79 Å². The molecule has 0 radical (unpaired) electrons. The maximum absolute atomic E-state index is 10.9. The zero-order valence-electron chi connectivity index (χ0n) is 9.77. The van der Waals surface area contributed by atoms with Gasteiger partial charge in [0.15, 0.2) is 0 Å². The first-order valence-electron chi connectivity index (χ1n) is 5.03. The van der Waals surface area contributed by atoms with Crippen LogP contribution in [0.5, 0.6) is 0 Å². The van der Waals surface area contributed by atoms with Gasteiger partial charge < -0.3 is 5.32 Å². The van der Waals surface area contributed by atoms with Gasteiger partial charge in [-0.1, -0.05) is 20.8 Å². The highest BCUT2D eigenvalue weighted by atomic mass is 16.1. The van der Waals surface area contributed by atoms with E-state index in [-0.39, 0.29) is 11.4 Å². The minimum absolute atomic E-state index is 0.0564. The molecule has 0 heterocycles. The van der Waals surface area contributed by atoms with Gasteiger partial charge in [-0.3, -0.25) is 4.79 Å². The Morgan fingerprint density at radius 3 is 2.08 bits per heavy atom. The Bertz CT molecular complexity index is 173. The minimum Gasteiger partial charge on any atom is -0.351 e. The molecule has 78 valence electrons. The molecule has 0 saturated heterocycles. The van der Waals surface area contributed by atoms with Gasteiger partial charge in [0.25, 0.3) is 0 Å². The Hall–Kier alpha value is -0.530. The summed E-state index contributed by atoms with van der Waals surface area (Å²) in [5, 5.41) is 2.97. The lowest BCUT2D eigenvalue weighted by Crippen LogP contribution is -2.43. The van der Waals surface area contributed by atoms with Crippen molar-refractivity contribution in [2.75, 3.05) is 0 Å². The van der Waals surface area contributed by atoms with Gasteiger partial charge in [-0.05, 0) is 32.1 Å². The summed E-state index contributed by atoms with van der Waals surface area (Å²) in [6, 6.07) is 0. The van der Waals surface area contributed by atoms with Crippen molar-refractivity contribution in [3.05, 3.63) is 0 Å². The Kier molecular flexibility index (Phi) is 4.45. The maximum atomic E-state index is 10.9. The fourth-order valence-electron chi connectivity index (χ4n) is 1.57. The molecule has 0 aromatic rings. The van der Waals surface area contributed by atoms with E-state index >= 15 is 0 Å². The third-order valence-electron chi connectivity index (χ3n) is 2.48. The maximum Gasteiger partial charge on any atom is 0.217 e. The SMILES string of the molecule is CC(=O)NC(C)(C)CC(C)C(C)C. The van der Waals surface area contributed by atoms with E-state index in [4.69, 9.17) is 0 Å². The van der Waals surface area contributed by atoms with E-state index in [2.05, 4.69) is 39.9 Å². The number of carbonyl (C=O) groups is 1. The van der Waals surface area contributed by atoms with Crippen molar-refractivity contribution in [3.63, 3.8) is 0 Å². The van der Waals surface area contributed by atoms with Crippen LogP contribution >= 0.6 is 0 Å². The number of rotatable bonds is 4. The number of hydrogen-bond donors (Lipinski definition) is 1. The van der Waals surface area contributed by atoms with Gasteiger partial charge in [0.05, 0.1) is 0 Å². The van der Waals surface area contributed by atoms with Crippen molar-refractivity contribution in [2.24, 2.45) is 11.8 Å². The van der Waals surface area contributed by atoms with Crippen LogP contribution in [0, 0.1) is 11.8 Å². The third-order valence-corrected chi connectivity index (χ3v) is 2.48. The summed E-state index contributed by atoms with van der Waals surface area (Å²) >= 11 is 0. The molecule has 0 saturated carbocycles. The summed E-state index contributed by atoms with van der Waals surface area (Å²) in [5.74, 6) is 1.37. The second-order valence-electron chi connectivity index (χ2n) is 4.99. The first kappa shape index (κ1) is 12.5. The Labute approximate surface area is 82.1 Å². The summed E-state index contributed by atoms with van der Waals surface area (Å²) in [4.78, 5) is 10.9. The Morgan fingerprint density at radius 1 is 1.31 bits per heavy atom. The number of carbonyl (C=O) groups excluding carboxylic acids is 1. The third kappa shape index (κ3) is 5.67. The molecule has 0 rings (SSSR count). The topological polar surface area (TPSA) is 29.1 Å². The van der Waals surface area contributed by atoms with E-state index in [0.29, 0.717) is 11.8 Å². The van der Waals surface area contributed by atoms with Crippen LogP contribution in [0.3, 0.4) is 0 Å². The molecule has 0 bridgehead atoms. The number of amides is 1. The Balaban J connectivity index is 4.08. The summed E-state index contributed by atoms with van der Waals surface area (Å²) in [7, 11) is 0. The highest BCUT2D eigenvalue weighted by molar-refractivity contribution is 5.73. The lowest BCUT2D eigenvalue weighted by molar-refractivity contribution is -0.120. The number of hydrogen-bond acceptors (Lipinski definition) is 1. The molecule has 0 spiro atoms. The number of nitrogens with one attached hydrogen (secondary N) is 1. The quantitative estimate of drug-likeness (QED) is 0.716. The standard InChI is InChI=1S/C11H23NO/c1-8(2)9(3)7-11(5,6)12-10(4)13/h8-9H,7H2,1-6H3,(H,12,13). The molecule has 0 fully saturated rings. The van der Waals surface area contributed by atoms with Crippen LogP contribution in [-0.4, -0.2) is 11.4 Å². The molecule has 0 aliphatic rings. The van der Waals surface area contributed by atoms with Gasteiger partial charge in [0.1, 0.15) is 0 Å². The molecule has 1 atom stereocenters. The molecular weight excluding hydrogens is 162 g/mol. The summed E-state index contributed by atoms with van der Waals surface area (Å²) in [5.41, 5.74) is -0.0739. The van der Waals surface area contributed by atoms with Gasteiger partial charge in [0.2, 0.25) is 5.91 Å². The van der Waals surface area contributed by atoms with Gasteiger partial charge in [-0.2, -0.15) is 0 Å². The molecule has 1 unspecified atom stereocenters. The van der Waals surface area contributed by atoms with Gasteiger partial charge in [-0.15, -0.1) is 0 Å². The van der Waals surface area contributed by atoms with E-state index in [1.54, 1.807) is 6.92 Å². The van der Waals surface area contributed by atoms with Crippen molar-refractivity contribution >= 4 is 5.91 Å². The summed E-state index contributed by atoms with van der Waals surface area (Å²) in [6.07, 6.45) is 1.03. The van der Waals surface area contributed by atoms with Crippen molar-refractivity contribution in [1.82, 2.24) is 5.32 Å². The van der Waals surface area contributed by atoms with Crippen LogP contribution in [0.2, 0.25) is 0 Å². The largest absolute Gasteiger partial charge is 0.351 e. The lowest BCUT2D eigenvalue weighted by atomic mass is 9.85. The molecule has 0 aromatic carbocycles. The van der Waals surface area contributed by atoms with E-state index < -0.39 is 0 Å². The highest BCUT2D eigenvalue weighted by Crippen LogP contribution is 2.22. The normalized spacial score (nSPS) is 14.4. The first-order valence-corrected chi connectivity index (χ1v) is 5.03. The highest BCUT2D eigenvalue weighted by Gasteiger charge is 2.22. The molecule has 2 heteroatoms. The van der Waals surface area contributed by atoms with Crippen molar-refractivity contribution in [3.8, 4) is 0 Å². The van der Waals surface area contributed by atoms with Crippen LogP contribution in [0.25, 0.3) is 0 Å². The van der Waals surface area contributed by atoms with Crippen LogP contribution in [0.4, 0.5) is 0 Å². The van der Waals surface area contributed by atoms with E-state index in [0.717, 1.165) is 6.42 Å². The van der Waals surface area contributed by atoms with Gasteiger partial charge >= 0.3 is 0 Å². The molecule has 1 N–H and O–H groups in total. The Morgan fingerprint density at radius 2 is 1.77 bits per heavy atom. The second-order valence-corrected chi connectivity index (χ2v) is 4.99. The molecule has 0 aliphatic heterocycles.